The summed E-state index contributed by atoms with van der Waals surface area (Å²) < 4.78 is 23.6. The average molecular weight is 303 g/mol. The van der Waals surface area contributed by atoms with Crippen molar-refractivity contribution < 1.29 is 18.7 Å². The van der Waals surface area contributed by atoms with Crippen LogP contribution in [0.1, 0.15) is 28.9 Å². The molecule has 2 rings (SSSR count). The second-order valence-corrected chi connectivity index (χ2v) is 4.82. The molecule has 1 unspecified atom stereocenters. The predicted molar refractivity (Wildman–Crippen MR) is 81.8 cm³/mol. The Bertz CT molecular complexity index is 655. The first-order valence-corrected chi connectivity index (χ1v) is 6.83. The zero-order chi connectivity index (χ0) is 16.1. The Hall–Kier alpha value is -2.56. The molecule has 0 saturated carbocycles. The van der Waals surface area contributed by atoms with Crippen LogP contribution in [0.2, 0.25) is 0 Å². The summed E-state index contributed by atoms with van der Waals surface area (Å²) in [5.41, 5.74) is 1.18. The molecular weight excluding hydrogens is 285 g/mol. The van der Waals surface area contributed by atoms with E-state index in [-0.39, 0.29) is 23.3 Å². The molecule has 4 nitrogen and oxygen atoms in total. The topological polar surface area (TPSA) is 47.6 Å². The highest BCUT2D eigenvalue weighted by Gasteiger charge is 2.13. The van der Waals surface area contributed by atoms with Gasteiger partial charge in [-0.05, 0) is 42.8 Å². The summed E-state index contributed by atoms with van der Waals surface area (Å²) in [5.74, 6) is -0.0450. The smallest absolute Gasteiger partial charge is 0.251 e. The van der Waals surface area contributed by atoms with Gasteiger partial charge in [-0.1, -0.05) is 12.1 Å². The van der Waals surface area contributed by atoms with Gasteiger partial charge >= 0.3 is 0 Å². The summed E-state index contributed by atoms with van der Waals surface area (Å²) >= 11 is 0. The van der Waals surface area contributed by atoms with Crippen LogP contribution in [0.4, 0.5) is 4.39 Å². The second kappa shape index (κ2) is 6.93. The van der Waals surface area contributed by atoms with Crippen molar-refractivity contribution in [3.8, 4) is 11.5 Å². The van der Waals surface area contributed by atoms with E-state index < -0.39 is 5.82 Å². The molecule has 2 aromatic carbocycles. The molecule has 0 aliphatic rings. The molecule has 0 aromatic heterocycles. The van der Waals surface area contributed by atoms with Crippen molar-refractivity contribution in [2.24, 2.45) is 0 Å². The lowest BCUT2D eigenvalue weighted by atomic mass is 10.1. The fourth-order valence-corrected chi connectivity index (χ4v) is 2.06. The van der Waals surface area contributed by atoms with E-state index in [0.717, 1.165) is 17.4 Å². The third kappa shape index (κ3) is 3.55. The number of hydrogen-bond acceptors (Lipinski definition) is 3. The number of carbonyl (C=O) groups excluding carboxylic acids is 1. The van der Waals surface area contributed by atoms with Gasteiger partial charge in [0.25, 0.3) is 5.91 Å². The number of ether oxygens (including phenoxy) is 2. The van der Waals surface area contributed by atoms with Crippen LogP contribution in [-0.2, 0) is 0 Å². The summed E-state index contributed by atoms with van der Waals surface area (Å²) in [4.78, 5) is 12.2. The Balaban J connectivity index is 2.08. The number of rotatable bonds is 5. The second-order valence-electron chi connectivity index (χ2n) is 4.82. The molecule has 0 aliphatic heterocycles. The molecule has 116 valence electrons. The van der Waals surface area contributed by atoms with Crippen molar-refractivity contribution in [1.29, 1.82) is 0 Å². The van der Waals surface area contributed by atoms with Gasteiger partial charge in [0.05, 0.1) is 20.3 Å². The largest absolute Gasteiger partial charge is 0.497 e. The maximum atomic E-state index is 13.6. The maximum Gasteiger partial charge on any atom is 0.251 e. The minimum Gasteiger partial charge on any atom is -0.497 e. The average Bonchev–Trinajstić information content (AvgIpc) is 2.54. The summed E-state index contributed by atoms with van der Waals surface area (Å²) in [6, 6.07) is 11.3. The van der Waals surface area contributed by atoms with Crippen LogP contribution in [0.5, 0.6) is 11.5 Å². The van der Waals surface area contributed by atoms with E-state index in [2.05, 4.69) is 5.32 Å². The third-order valence-electron chi connectivity index (χ3n) is 3.38. The highest BCUT2D eigenvalue weighted by molar-refractivity contribution is 5.94. The molecule has 1 N–H and O–H groups in total. The Morgan fingerprint density at radius 2 is 1.77 bits per heavy atom. The van der Waals surface area contributed by atoms with E-state index in [4.69, 9.17) is 9.47 Å². The van der Waals surface area contributed by atoms with Crippen LogP contribution in [0, 0.1) is 5.82 Å². The summed E-state index contributed by atoms with van der Waals surface area (Å²) in [6.45, 7) is 1.86. The van der Waals surface area contributed by atoms with E-state index in [1.165, 1.54) is 19.2 Å². The zero-order valence-electron chi connectivity index (χ0n) is 12.7. The number of halogens is 1. The lowest BCUT2D eigenvalue weighted by molar-refractivity contribution is 0.0939. The molecule has 0 spiro atoms. The third-order valence-corrected chi connectivity index (χ3v) is 3.38. The minimum absolute atomic E-state index is 0.111. The fraction of sp³-hybridized carbons (Fsp3) is 0.235. The van der Waals surface area contributed by atoms with Crippen molar-refractivity contribution in [3.05, 3.63) is 59.4 Å². The zero-order valence-corrected chi connectivity index (χ0v) is 12.7. The fourth-order valence-electron chi connectivity index (χ4n) is 2.06. The summed E-state index contributed by atoms with van der Waals surface area (Å²) in [6.07, 6.45) is 0. The quantitative estimate of drug-likeness (QED) is 0.921. The van der Waals surface area contributed by atoms with Crippen molar-refractivity contribution >= 4 is 5.91 Å². The molecule has 0 heterocycles. The van der Waals surface area contributed by atoms with Crippen molar-refractivity contribution in [2.45, 2.75) is 13.0 Å². The highest BCUT2D eigenvalue weighted by Crippen LogP contribution is 2.20. The van der Waals surface area contributed by atoms with Crippen LogP contribution < -0.4 is 14.8 Å². The van der Waals surface area contributed by atoms with Crippen molar-refractivity contribution in [3.63, 3.8) is 0 Å². The van der Waals surface area contributed by atoms with Crippen LogP contribution >= 0.6 is 0 Å². The van der Waals surface area contributed by atoms with Gasteiger partial charge in [-0.3, -0.25) is 4.79 Å². The number of amides is 1. The van der Waals surface area contributed by atoms with E-state index in [0.29, 0.717) is 0 Å². The minimum atomic E-state index is -0.563. The van der Waals surface area contributed by atoms with Gasteiger partial charge in [0.15, 0.2) is 11.6 Å². The SMILES string of the molecule is COc1ccc(C(C)NC(=O)c2ccc(OC)c(F)c2)cc1. The molecule has 5 heteroatoms. The summed E-state index contributed by atoms with van der Waals surface area (Å²) in [7, 11) is 2.97. The van der Waals surface area contributed by atoms with E-state index >= 15 is 0 Å². The van der Waals surface area contributed by atoms with Crippen LogP contribution in [0.15, 0.2) is 42.5 Å². The highest BCUT2D eigenvalue weighted by atomic mass is 19.1. The standard InChI is InChI=1S/C17H18FNO3/c1-11(12-4-7-14(21-2)8-5-12)19-17(20)13-6-9-16(22-3)15(18)10-13/h4-11H,1-3H3,(H,19,20). The molecule has 1 atom stereocenters. The van der Waals surface area contributed by atoms with Gasteiger partial charge in [0.1, 0.15) is 5.75 Å². The molecular formula is C17H18FNO3. The molecule has 2 aromatic rings. The number of benzene rings is 2. The first-order valence-electron chi connectivity index (χ1n) is 6.83. The van der Waals surface area contributed by atoms with Gasteiger partial charge in [-0.25, -0.2) is 4.39 Å². The van der Waals surface area contributed by atoms with Crippen LogP contribution in [-0.4, -0.2) is 20.1 Å². The Morgan fingerprint density at radius 1 is 1.09 bits per heavy atom. The number of nitrogens with one attached hydrogen (secondary N) is 1. The van der Waals surface area contributed by atoms with Crippen molar-refractivity contribution in [1.82, 2.24) is 5.32 Å². The van der Waals surface area contributed by atoms with E-state index in [1.54, 1.807) is 7.11 Å². The van der Waals surface area contributed by atoms with Crippen LogP contribution in [0.3, 0.4) is 0 Å². The lowest BCUT2D eigenvalue weighted by Crippen LogP contribution is -2.26. The number of hydrogen-bond donors (Lipinski definition) is 1. The monoisotopic (exact) mass is 303 g/mol. The molecule has 0 saturated heterocycles. The van der Waals surface area contributed by atoms with Crippen molar-refractivity contribution in [2.75, 3.05) is 14.2 Å². The number of methoxy groups -OCH3 is 2. The normalized spacial score (nSPS) is 11.6. The first-order chi connectivity index (χ1) is 10.5. The number of carbonyl (C=O) groups is 1. The maximum absolute atomic E-state index is 13.6. The lowest BCUT2D eigenvalue weighted by Gasteiger charge is -2.15. The van der Waals surface area contributed by atoms with Gasteiger partial charge in [0.2, 0.25) is 0 Å². The van der Waals surface area contributed by atoms with Gasteiger partial charge < -0.3 is 14.8 Å². The van der Waals surface area contributed by atoms with Gasteiger partial charge in [0, 0.05) is 5.56 Å². The summed E-state index contributed by atoms with van der Waals surface area (Å²) in [5, 5.41) is 2.83. The molecule has 22 heavy (non-hydrogen) atoms. The molecule has 0 aliphatic carbocycles. The Labute approximate surface area is 128 Å². The van der Waals surface area contributed by atoms with Crippen LogP contribution in [0.25, 0.3) is 0 Å². The predicted octanol–water partition coefficient (Wildman–Crippen LogP) is 3.33. The molecule has 1 amide bonds. The Morgan fingerprint density at radius 3 is 2.32 bits per heavy atom. The van der Waals surface area contributed by atoms with Gasteiger partial charge in [-0.15, -0.1) is 0 Å². The van der Waals surface area contributed by atoms with E-state index in [9.17, 15) is 9.18 Å². The molecule has 0 fully saturated rings. The molecule has 0 radical (unpaired) electrons. The molecule has 0 bridgehead atoms. The first kappa shape index (κ1) is 15.8. The Kier molecular flexibility index (Phi) is 4.99. The van der Waals surface area contributed by atoms with E-state index in [1.807, 2.05) is 31.2 Å². The van der Waals surface area contributed by atoms with Gasteiger partial charge in [-0.2, -0.15) is 0 Å².